The largest absolute Gasteiger partial charge is 0.278 e. The third-order valence-electron chi connectivity index (χ3n) is 1.88. The van der Waals surface area contributed by atoms with Crippen LogP contribution in [0.15, 0.2) is 12.3 Å². The van der Waals surface area contributed by atoms with Gasteiger partial charge >= 0.3 is 0 Å². The van der Waals surface area contributed by atoms with E-state index in [0.717, 1.165) is 10.9 Å². The zero-order valence-electron chi connectivity index (χ0n) is 6.36. The van der Waals surface area contributed by atoms with E-state index in [1.54, 1.807) is 13.1 Å². The Bertz CT molecular complexity index is 436. The standard InChI is InChI=1S/C8H6ClFN2/c1-4-5-3-11-12-7(5)2-6(9)8(4)10/h2-3H,1H3,(H,11,12). The molecule has 2 nitrogen and oxygen atoms in total. The maximum absolute atomic E-state index is 13.2. The Morgan fingerprint density at radius 2 is 2.33 bits per heavy atom. The summed E-state index contributed by atoms with van der Waals surface area (Å²) in [4.78, 5) is 0. The monoisotopic (exact) mass is 184 g/mol. The van der Waals surface area contributed by atoms with E-state index >= 15 is 0 Å². The number of nitrogens with zero attached hydrogens (tertiary/aromatic N) is 1. The van der Waals surface area contributed by atoms with Crippen molar-refractivity contribution in [2.45, 2.75) is 6.92 Å². The van der Waals surface area contributed by atoms with Gasteiger partial charge in [-0.1, -0.05) is 11.6 Å². The Hall–Kier alpha value is -1.09. The molecule has 0 unspecified atom stereocenters. The van der Waals surface area contributed by atoms with Crippen LogP contribution in [0.25, 0.3) is 10.9 Å². The fraction of sp³-hybridized carbons (Fsp3) is 0.125. The van der Waals surface area contributed by atoms with E-state index in [2.05, 4.69) is 10.2 Å². The van der Waals surface area contributed by atoms with E-state index in [1.165, 1.54) is 6.07 Å². The second-order valence-corrected chi connectivity index (χ2v) is 3.04. The molecule has 0 aliphatic rings. The first-order valence-electron chi connectivity index (χ1n) is 3.48. The molecule has 1 N–H and O–H groups in total. The molecule has 2 rings (SSSR count). The van der Waals surface area contributed by atoms with Crippen molar-refractivity contribution in [1.29, 1.82) is 0 Å². The molecule has 0 fully saturated rings. The van der Waals surface area contributed by atoms with Gasteiger partial charge in [0.25, 0.3) is 0 Å². The lowest BCUT2D eigenvalue weighted by Crippen LogP contribution is -1.84. The van der Waals surface area contributed by atoms with Crippen molar-refractivity contribution in [1.82, 2.24) is 10.2 Å². The van der Waals surface area contributed by atoms with E-state index < -0.39 is 0 Å². The van der Waals surface area contributed by atoms with Crippen LogP contribution in [-0.2, 0) is 0 Å². The molecule has 2 aromatic rings. The first-order valence-corrected chi connectivity index (χ1v) is 3.85. The van der Waals surface area contributed by atoms with Gasteiger partial charge in [-0.25, -0.2) is 4.39 Å². The maximum atomic E-state index is 13.2. The number of aromatic nitrogens is 2. The van der Waals surface area contributed by atoms with Crippen LogP contribution in [0.2, 0.25) is 5.02 Å². The van der Waals surface area contributed by atoms with E-state index in [1.807, 2.05) is 0 Å². The minimum atomic E-state index is -0.370. The Morgan fingerprint density at radius 1 is 1.58 bits per heavy atom. The fourth-order valence-corrected chi connectivity index (χ4v) is 1.44. The highest BCUT2D eigenvalue weighted by molar-refractivity contribution is 6.31. The smallest absolute Gasteiger partial charge is 0.145 e. The van der Waals surface area contributed by atoms with Gasteiger partial charge < -0.3 is 0 Å². The van der Waals surface area contributed by atoms with Crippen LogP contribution in [-0.4, -0.2) is 10.2 Å². The molecule has 0 aliphatic carbocycles. The number of hydrogen-bond acceptors (Lipinski definition) is 1. The average Bonchev–Trinajstić information content (AvgIpc) is 2.48. The minimum Gasteiger partial charge on any atom is -0.278 e. The van der Waals surface area contributed by atoms with E-state index in [4.69, 9.17) is 11.6 Å². The van der Waals surface area contributed by atoms with Crippen molar-refractivity contribution in [3.05, 3.63) is 28.7 Å². The lowest BCUT2D eigenvalue weighted by atomic mass is 10.1. The van der Waals surface area contributed by atoms with Crippen molar-refractivity contribution < 1.29 is 4.39 Å². The van der Waals surface area contributed by atoms with Crippen molar-refractivity contribution in [2.24, 2.45) is 0 Å². The Labute approximate surface area is 73.3 Å². The van der Waals surface area contributed by atoms with Gasteiger partial charge in [0, 0.05) is 5.39 Å². The Kier molecular flexibility index (Phi) is 1.54. The molecular formula is C8H6ClFN2. The van der Waals surface area contributed by atoms with Gasteiger partial charge in [-0.15, -0.1) is 0 Å². The number of rotatable bonds is 0. The molecule has 0 radical (unpaired) electrons. The molecular weight excluding hydrogens is 179 g/mol. The molecule has 4 heteroatoms. The van der Waals surface area contributed by atoms with Crippen LogP contribution in [0.4, 0.5) is 4.39 Å². The highest BCUT2D eigenvalue weighted by atomic mass is 35.5. The molecule has 0 spiro atoms. The van der Waals surface area contributed by atoms with Crippen LogP contribution in [0, 0.1) is 12.7 Å². The number of hydrogen-bond donors (Lipinski definition) is 1. The summed E-state index contributed by atoms with van der Waals surface area (Å²) in [5, 5.41) is 7.43. The average molecular weight is 185 g/mol. The SMILES string of the molecule is Cc1c(F)c(Cl)cc2[nH]ncc12. The zero-order valence-corrected chi connectivity index (χ0v) is 7.11. The molecule has 0 atom stereocenters. The highest BCUT2D eigenvalue weighted by Gasteiger charge is 2.08. The van der Waals surface area contributed by atoms with Gasteiger partial charge in [0.1, 0.15) is 5.82 Å². The molecule has 0 saturated carbocycles. The normalized spacial score (nSPS) is 10.9. The van der Waals surface area contributed by atoms with Crippen LogP contribution >= 0.6 is 11.6 Å². The van der Waals surface area contributed by atoms with Crippen molar-refractivity contribution in [2.75, 3.05) is 0 Å². The number of benzene rings is 1. The van der Waals surface area contributed by atoms with E-state index in [9.17, 15) is 4.39 Å². The zero-order chi connectivity index (χ0) is 8.72. The number of aryl methyl sites for hydroxylation is 1. The molecule has 1 aromatic heterocycles. The maximum Gasteiger partial charge on any atom is 0.145 e. The van der Waals surface area contributed by atoms with Gasteiger partial charge in [-0.3, -0.25) is 5.10 Å². The first-order chi connectivity index (χ1) is 5.70. The van der Waals surface area contributed by atoms with Crippen LogP contribution in [0.3, 0.4) is 0 Å². The van der Waals surface area contributed by atoms with Crippen LogP contribution < -0.4 is 0 Å². The predicted octanol–water partition coefficient (Wildman–Crippen LogP) is 2.66. The predicted molar refractivity (Wildman–Crippen MR) is 45.8 cm³/mol. The molecule has 1 aromatic carbocycles. The molecule has 0 saturated heterocycles. The molecule has 12 heavy (non-hydrogen) atoms. The third-order valence-corrected chi connectivity index (χ3v) is 2.16. The molecule has 0 bridgehead atoms. The van der Waals surface area contributed by atoms with Gasteiger partial charge in [-0.2, -0.15) is 5.10 Å². The second kappa shape index (κ2) is 2.45. The summed E-state index contributed by atoms with van der Waals surface area (Å²) in [5.74, 6) is -0.370. The molecule has 0 aliphatic heterocycles. The molecule has 0 amide bonds. The van der Waals surface area contributed by atoms with E-state index in [-0.39, 0.29) is 10.8 Å². The van der Waals surface area contributed by atoms with Crippen LogP contribution in [0.5, 0.6) is 0 Å². The lowest BCUT2D eigenvalue weighted by Gasteiger charge is -1.99. The molecule has 62 valence electrons. The lowest BCUT2D eigenvalue weighted by molar-refractivity contribution is 0.621. The van der Waals surface area contributed by atoms with Gasteiger partial charge in [-0.05, 0) is 18.6 Å². The number of fused-ring (bicyclic) bond motifs is 1. The fourth-order valence-electron chi connectivity index (χ4n) is 1.19. The first kappa shape index (κ1) is 7.55. The van der Waals surface area contributed by atoms with Gasteiger partial charge in [0.2, 0.25) is 0 Å². The topological polar surface area (TPSA) is 28.7 Å². The highest BCUT2D eigenvalue weighted by Crippen LogP contribution is 2.25. The van der Waals surface area contributed by atoms with Crippen molar-refractivity contribution in [3.63, 3.8) is 0 Å². The number of nitrogens with one attached hydrogen (secondary N) is 1. The van der Waals surface area contributed by atoms with E-state index in [0.29, 0.717) is 5.56 Å². The second-order valence-electron chi connectivity index (χ2n) is 2.63. The number of H-pyrrole nitrogens is 1. The summed E-state index contributed by atoms with van der Waals surface area (Å²) >= 11 is 5.63. The van der Waals surface area contributed by atoms with Crippen molar-refractivity contribution in [3.8, 4) is 0 Å². The van der Waals surface area contributed by atoms with Crippen molar-refractivity contribution >= 4 is 22.5 Å². The third kappa shape index (κ3) is 0.898. The summed E-state index contributed by atoms with van der Waals surface area (Å²) in [7, 11) is 0. The summed E-state index contributed by atoms with van der Waals surface area (Å²) in [5.41, 5.74) is 1.30. The summed E-state index contributed by atoms with van der Waals surface area (Å²) < 4.78 is 13.2. The summed E-state index contributed by atoms with van der Waals surface area (Å²) in [6.07, 6.45) is 1.59. The van der Waals surface area contributed by atoms with Crippen LogP contribution in [0.1, 0.15) is 5.56 Å². The Morgan fingerprint density at radius 3 is 3.08 bits per heavy atom. The van der Waals surface area contributed by atoms with Gasteiger partial charge in [0.15, 0.2) is 0 Å². The molecule has 1 heterocycles. The summed E-state index contributed by atoms with van der Waals surface area (Å²) in [6.45, 7) is 1.68. The quantitative estimate of drug-likeness (QED) is 0.670. The van der Waals surface area contributed by atoms with Gasteiger partial charge in [0.05, 0.1) is 16.7 Å². The number of aromatic amines is 1. The number of halogens is 2. The summed E-state index contributed by atoms with van der Waals surface area (Å²) in [6, 6.07) is 1.53. The Balaban J connectivity index is 2.94. The minimum absolute atomic E-state index is 0.129.